The third-order valence-electron chi connectivity index (χ3n) is 3.96. The van der Waals surface area contributed by atoms with Gasteiger partial charge >= 0.3 is 0 Å². The van der Waals surface area contributed by atoms with Gasteiger partial charge in [-0.1, -0.05) is 29.8 Å². The van der Waals surface area contributed by atoms with Gasteiger partial charge in [0.05, 0.1) is 10.6 Å². The van der Waals surface area contributed by atoms with Crippen molar-refractivity contribution in [1.82, 2.24) is 16.3 Å². The molecule has 3 N–H and O–H groups in total. The Bertz CT molecular complexity index is 1030. The van der Waals surface area contributed by atoms with Crippen molar-refractivity contribution in [1.29, 1.82) is 0 Å². The van der Waals surface area contributed by atoms with Gasteiger partial charge in [0.2, 0.25) is 9.84 Å². The van der Waals surface area contributed by atoms with Crippen LogP contribution >= 0.6 is 11.6 Å². The summed E-state index contributed by atoms with van der Waals surface area (Å²) in [6.07, 6.45) is 0. The van der Waals surface area contributed by atoms with E-state index in [4.69, 9.17) is 11.6 Å². The summed E-state index contributed by atoms with van der Waals surface area (Å²) in [6, 6.07) is 13.7. The van der Waals surface area contributed by atoms with Crippen molar-refractivity contribution in [2.45, 2.75) is 4.90 Å². The van der Waals surface area contributed by atoms with Gasteiger partial charge in [-0.3, -0.25) is 10.4 Å². The number of para-hydroxylation sites is 1. The maximum absolute atomic E-state index is 13.0. The van der Waals surface area contributed by atoms with Crippen LogP contribution in [0.25, 0.3) is 0 Å². The molecule has 0 unspecified atom stereocenters. The van der Waals surface area contributed by atoms with Gasteiger partial charge in [-0.2, -0.15) is 0 Å². The molecule has 0 bridgehead atoms. The van der Waals surface area contributed by atoms with Crippen LogP contribution in [-0.2, 0) is 9.84 Å². The third kappa shape index (κ3) is 2.46. The summed E-state index contributed by atoms with van der Waals surface area (Å²) in [5, 5.41) is 5.08. The van der Waals surface area contributed by atoms with E-state index in [2.05, 4.69) is 21.3 Å². The van der Waals surface area contributed by atoms with E-state index in [0.29, 0.717) is 16.7 Å². The number of nitrogens with zero attached hydrogens (tertiary/aromatic N) is 2. The summed E-state index contributed by atoms with van der Waals surface area (Å²) in [6.45, 7) is 0. The molecule has 0 amide bonds. The standard InChI is InChI=1S/C16H14ClN5O2S/c1-18-14-12-7-2-3-8-13(12)22-15(19-14)16(20-21-22)25(23,24)11-6-4-5-10(17)9-11/h2-9,20-21H,1H3,(H,18,19). The molecule has 128 valence electrons. The number of anilines is 1. The van der Waals surface area contributed by atoms with E-state index in [1.54, 1.807) is 24.2 Å². The predicted molar refractivity (Wildman–Crippen MR) is 96.5 cm³/mol. The lowest BCUT2D eigenvalue weighted by atomic mass is 10.1. The fourth-order valence-electron chi connectivity index (χ4n) is 2.79. The lowest BCUT2D eigenvalue weighted by Crippen LogP contribution is -2.46. The molecular weight excluding hydrogens is 362 g/mol. The molecule has 25 heavy (non-hydrogen) atoms. The highest BCUT2D eigenvalue weighted by atomic mass is 35.5. The van der Waals surface area contributed by atoms with Gasteiger partial charge in [-0.15, -0.1) is 5.53 Å². The van der Waals surface area contributed by atoms with Crippen molar-refractivity contribution < 1.29 is 8.42 Å². The molecule has 4 rings (SSSR count). The van der Waals surface area contributed by atoms with Crippen LogP contribution in [0.5, 0.6) is 0 Å². The van der Waals surface area contributed by atoms with Crippen molar-refractivity contribution in [3.05, 3.63) is 70.0 Å². The van der Waals surface area contributed by atoms with Gasteiger partial charge in [-0.05, 0) is 30.3 Å². The zero-order chi connectivity index (χ0) is 17.6. The van der Waals surface area contributed by atoms with Crippen molar-refractivity contribution in [2.75, 3.05) is 12.1 Å². The summed E-state index contributed by atoms with van der Waals surface area (Å²) < 4.78 is 26.0. The average Bonchev–Trinajstić information content (AvgIpc) is 3.06. The Balaban J connectivity index is 1.88. The number of benzene rings is 2. The number of hydrogen-bond donors (Lipinski definition) is 3. The minimum Gasteiger partial charge on any atom is -0.323 e. The molecule has 2 aliphatic heterocycles. The second-order valence-corrected chi connectivity index (χ2v) is 7.75. The highest BCUT2D eigenvalue weighted by Gasteiger charge is 2.37. The highest BCUT2D eigenvalue weighted by Crippen LogP contribution is 2.32. The molecule has 0 aliphatic carbocycles. The van der Waals surface area contributed by atoms with Gasteiger partial charge in [0.15, 0.2) is 10.9 Å². The van der Waals surface area contributed by atoms with Crippen LogP contribution < -0.4 is 21.3 Å². The van der Waals surface area contributed by atoms with E-state index in [9.17, 15) is 8.42 Å². The average molecular weight is 376 g/mol. The molecule has 7 nitrogen and oxygen atoms in total. The van der Waals surface area contributed by atoms with Crippen LogP contribution in [0.2, 0.25) is 5.02 Å². The smallest absolute Gasteiger partial charge is 0.226 e. The first-order valence-corrected chi connectivity index (χ1v) is 9.28. The zero-order valence-electron chi connectivity index (χ0n) is 13.1. The van der Waals surface area contributed by atoms with Gasteiger partial charge < -0.3 is 5.32 Å². The van der Waals surface area contributed by atoms with Crippen LogP contribution in [0, 0.1) is 0 Å². The lowest BCUT2D eigenvalue weighted by molar-refractivity contribution is 0.592. The number of hydrogen-bond acceptors (Lipinski definition) is 6. The molecule has 0 aromatic heterocycles. The quantitative estimate of drug-likeness (QED) is 0.741. The van der Waals surface area contributed by atoms with E-state index in [1.165, 1.54) is 12.1 Å². The molecule has 2 aromatic rings. The maximum Gasteiger partial charge on any atom is 0.226 e. The molecular formula is C16H14ClN5O2S. The third-order valence-corrected chi connectivity index (χ3v) is 5.90. The lowest BCUT2D eigenvalue weighted by Gasteiger charge is -2.29. The Kier molecular flexibility index (Phi) is 3.68. The first-order valence-electron chi connectivity index (χ1n) is 7.42. The highest BCUT2D eigenvalue weighted by molar-refractivity contribution is 7.95. The largest absolute Gasteiger partial charge is 0.323 e. The Morgan fingerprint density at radius 3 is 2.68 bits per heavy atom. The second-order valence-electron chi connectivity index (χ2n) is 5.43. The van der Waals surface area contributed by atoms with E-state index < -0.39 is 9.84 Å². The van der Waals surface area contributed by atoms with Crippen LogP contribution in [0.1, 0.15) is 5.56 Å². The number of sulfone groups is 1. The molecule has 0 saturated heterocycles. The summed E-state index contributed by atoms with van der Waals surface area (Å²) in [4.78, 5) is 4.33. The van der Waals surface area contributed by atoms with Crippen LogP contribution in [0.4, 0.5) is 5.69 Å². The Morgan fingerprint density at radius 2 is 1.92 bits per heavy atom. The summed E-state index contributed by atoms with van der Waals surface area (Å²) >= 11 is 5.95. The van der Waals surface area contributed by atoms with Gasteiger partial charge in [0, 0.05) is 17.6 Å². The maximum atomic E-state index is 13.0. The number of aliphatic imine (C=N–C) groups is 1. The number of hydrazine groups is 2. The van der Waals surface area contributed by atoms with E-state index in [0.717, 1.165) is 11.3 Å². The molecule has 0 spiro atoms. The van der Waals surface area contributed by atoms with E-state index >= 15 is 0 Å². The Morgan fingerprint density at radius 1 is 1.12 bits per heavy atom. The first-order chi connectivity index (χ1) is 12.0. The van der Waals surface area contributed by atoms with E-state index in [-0.39, 0.29) is 9.92 Å². The minimum absolute atomic E-state index is 0.00502. The minimum atomic E-state index is -3.80. The summed E-state index contributed by atoms with van der Waals surface area (Å²) in [5.41, 5.74) is 7.29. The Labute approximate surface area is 149 Å². The molecule has 0 fully saturated rings. The summed E-state index contributed by atoms with van der Waals surface area (Å²) in [5.74, 6) is 0.949. The topological polar surface area (TPSA) is 85.8 Å². The molecule has 2 aliphatic rings. The van der Waals surface area contributed by atoms with Crippen molar-refractivity contribution in [2.24, 2.45) is 4.99 Å². The van der Waals surface area contributed by atoms with Crippen LogP contribution in [0.15, 0.2) is 69.3 Å². The Hall–Kier alpha value is -2.55. The SMILES string of the molecule is CN=C1NC2=C(S(=O)(=O)c3cccc(Cl)c3)NNN2c2ccccc21. The number of fused-ring (bicyclic) bond motifs is 3. The predicted octanol–water partition coefficient (Wildman–Crippen LogP) is 1.75. The van der Waals surface area contributed by atoms with Gasteiger partial charge in [0.25, 0.3) is 0 Å². The fourth-order valence-corrected chi connectivity index (χ4v) is 4.40. The molecule has 0 saturated carbocycles. The molecule has 0 atom stereocenters. The monoisotopic (exact) mass is 375 g/mol. The molecule has 0 radical (unpaired) electrons. The molecule has 2 heterocycles. The fraction of sp³-hybridized carbons (Fsp3) is 0.0625. The number of amidine groups is 1. The molecule has 2 aromatic carbocycles. The zero-order valence-corrected chi connectivity index (χ0v) is 14.7. The number of nitrogens with one attached hydrogen (secondary N) is 3. The number of rotatable bonds is 2. The molecule has 9 heteroatoms. The van der Waals surface area contributed by atoms with Crippen molar-refractivity contribution in [3.63, 3.8) is 0 Å². The van der Waals surface area contributed by atoms with Crippen molar-refractivity contribution >= 4 is 33.0 Å². The van der Waals surface area contributed by atoms with E-state index in [1.807, 2.05) is 24.3 Å². The van der Waals surface area contributed by atoms with Crippen LogP contribution in [-0.4, -0.2) is 21.3 Å². The normalized spacial score (nSPS) is 17.8. The number of halogens is 1. The van der Waals surface area contributed by atoms with Gasteiger partial charge in [-0.25, -0.2) is 13.4 Å². The first kappa shape index (κ1) is 15.9. The summed E-state index contributed by atoms with van der Waals surface area (Å²) in [7, 11) is -2.15. The van der Waals surface area contributed by atoms with Crippen molar-refractivity contribution in [3.8, 4) is 0 Å². The van der Waals surface area contributed by atoms with Crippen LogP contribution in [0.3, 0.4) is 0 Å². The van der Waals surface area contributed by atoms with Gasteiger partial charge in [0.1, 0.15) is 5.84 Å². The second kappa shape index (κ2) is 5.76.